The average Bonchev–Trinajstić information content (AvgIpc) is 2.39. The Labute approximate surface area is 124 Å². The van der Waals surface area contributed by atoms with E-state index < -0.39 is 0 Å². The summed E-state index contributed by atoms with van der Waals surface area (Å²) < 4.78 is 1.13. The van der Waals surface area contributed by atoms with Crippen LogP contribution < -0.4 is 5.32 Å². The molecular weight excluding hydrogens is 298 g/mol. The topological polar surface area (TPSA) is 12.0 Å². The molecule has 0 spiro atoms. The molecule has 2 aromatic rings. The predicted molar refractivity (Wildman–Crippen MR) is 85.3 cm³/mol. The van der Waals surface area contributed by atoms with Gasteiger partial charge in [-0.2, -0.15) is 0 Å². The van der Waals surface area contributed by atoms with E-state index >= 15 is 0 Å². The van der Waals surface area contributed by atoms with Crippen LogP contribution in [0.2, 0.25) is 0 Å². The average molecular weight is 318 g/mol. The molecule has 2 heteroatoms. The molecule has 1 N–H and O–H groups in total. The number of hydrogen-bond donors (Lipinski definition) is 1. The summed E-state index contributed by atoms with van der Waals surface area (Å²) in [5, 5.41) is 3.57. The van der Waals surface area contributed by atoms with Crippen LogP contribution in [0.3, 0.4) is 0 Å². The van der Waals surface area contributed by atoms with Crippen LogP contribution in [0.15, 0.2) is 46.9 Å². The maximum atomic E-state index is 3.57. The van der Waals surface area contributed by atoms with Crippen molar-refractivity contribution >= 4 is 15.9 Å². The molecule has 0 saturated carbocycles. The first kappa shape index (κ1) is 14.3. The fourth-order valence-corrected chi connectivity index (χ4v) is 2.52. The summed E-state index contributed by atoms with van der Waals surface area (Å²) in [7, 11) is 0. The van der Waals surface area contributed by atoms with Crippen molar-refractivity contribution in [2.75, 3.05) is 0 Å². The highest BCUT2D eigenvalue weighted by Crippen LogP contribution is 2.18. The van der Waals surface area contributed by atoms with Crippen LogP contribution >= 0.6 is 15.9 Å². The van der Waals surface area contributed by atoms with Gasteiger partial charge in [0.1, 0.15) is 0 Å². The van der Waals surface area contributed by atoms with Gasteiger partial charge in [-0.05, 0) is 55.2 Å². The van der Waals surface area contributed by atoms with Crippen molar-refractivity contribution in [2.45, 2.75) is 33.4 Å². The highest BCUT2D eigenvalue weighted by Gasteiger charge is 2.06. The lowest BCUT2D eigenvalue weighted by Crippen LogP contribution is -2.18. The number of hydrogen-bond acceptors (Lipinski definition) is 1. The van der Waals surface area contributed by atoms with Crippen molar-refractivity contribution in [1.29, 1.82) is 0 Å². The smallest absolute Gasteiger partial charge is 0.0295 e. The zero-order chi connectivity index (χ0) is 13.8. The van der Waals surface area contributed by atoms with Crippen molar-refractivity contribution in [3.8, 4) is 0 Å². The summed E-state index contributed by atoms with van der Waals surface area (Å²) in [6, 6.07) is 15.5. The minimum Gasteiger partial charge on any atom is -0.306 e. The first-order valence-electron chi connectivity index (χ1n) is 6.61. The van der Waals surface area contributed by atoms with Crippen LogP contribution in [0, 0.1) is 13.8 Å². The van der Waals surface area contributed by atoms with Gasteiger partial charge in [-0.15, -0.1) is 0 Å². The molecule has 1 unspecified atom stereocenters. The number of aryl methyl sites for hydroxylation is 2. The summed E-state index contributed by atoms with van der Waals surface area (Å²) in [4.78, 5) is 0. The van der Waals surface area contributed by atoms with Crippen LogP contribution in [0.4, 0.5) is 0 Å². The second-order valence-corrected chi connectivity index (χ2v) is 5.99. The molecule has 0 aliphatic rings. The zero-order valence-corrected chi connectivity index (χ0v) is 13.3. The molecule has 0 aromatic heterocycles. The van der Waals surface area contributed by atoms with E-state index in [1.165, 1.54) is 22.3 Å². The number of benzene rings is 2. The van der Waals surface area contributed by atoms with Gasteiger partial charge in [-0.3, -0.25) is 0 Å². The van der Waals surface area contributed by atoms with E-state index in [9.17, 15) is 0 Å². The molecule has 0 heterocycles. The molecule has 1 nitrogen and oxygen atoms in total. The molecule has 0 fully saturated rings. The number of halogens is 1. The molecule has 0 aliphatic carbocycles. The third kappa shape index (κ3) is 3.92. The van der Waals surface area contributed by atoms with Gasteiger partial charge in [0.2, 0.25) is 0 Å². The molecule has 0 bridgehead atoms. The predicted octanol–water partition coefficient (Wildman–Crippen LogP) is 4.92. The maximum Gasteiger partial charge on any atom is 0.0295 e. The molecule has 1 atom stereocenters. The molecular formula is C17H20BrN. The Morgan fingerprint density at radius 2 is 1.84 bits per heavy atom. The van der Waals surface area contributed by atoms with E-state index in [1.54, 1.807) is 0 Å². The Hall–Kier alpha value is -1.12. The molecule has 0 amide bonds. The molecule has 0 aliphatic heterocycles. The van der Waals surface area contributed by atoms with Gasteiger partial charge < -0.3 is 5.32 Å². The first-order valence-corrected chi connectivity index (χ1v) is 7.40. The summed E-state index contributed by atoms with van der Waals surface area (Å²) in [6.07, 6.45) is 0. The monoisotopic (exact) mass is 317 g/mol. The van der Waals surface area contributed by atoms with Crippen LogP contribution in [-0.2, 0) is 6.54 Å². The Morgan fingerprint density at radius 1 is 1.05 bits per heavy atom. The number of nitrogens with one attached hydrogen (secondary N) is 1. The molecule has 0 radical (unpaired) electrons. The first-order chi connectivity index (χ1) is 9.06. The minimum atomic E-state index is 0.360. The van der Waals surface area contributed by atoms with Gasteiger partial charge >= 0.3 is 0 Å². The van der Waals surface area contributed by atoms with Crippen molar-refractivity contribution in [3.63, 3.8) is 0 Å². The fraction of sp³-hybridized carbons (Fsp3) is 0.294. The Morgan fingerprint density at radius 3 is 2.53 bits per heavy atom. The van der Waals surface area contributed by atoms with Crippen LogP contribution in [0.1, 0.15) is 35.2 Å². The van der Waals surface area contributed by atoms with Gasteiger partial charge in [0.15, 0.2) is 0 Å². The fourth-order valence-electron chi connectivity index (χ4n) is 2.07. The zero-order valence-electron chi connectivity index (χ0n) is 11.7. The van der Waals surface area contributed by atoms with Crippen molar-refractivity contribution in [1.82, 2.24) is 5.32 Å². The van der Waals surface area contributed by atoms with Gasteiger partial charge in [-0.25, -0.2) is 0 Å². The lowest BCUT2D eigenvalue weighted by atomic mass is 10.0. The summed E-state index contributed by atoms with van der Waals surface area (Å²) in [5.74, 6) is 0. The van der Waals surface area contributed by atoms with Gasteiger partial charge in [0, 0.05) is 17.1 Å². The minimum absolute atomic E-state index is 0.360. The van der Waals surface area contributed by atoms with E-state index in [4.69, 9.17) is 0 Å². The number of rotatable bonds is 4. The molecule has 100 valence electrons. The van der Waals surface area contributed by atoms with Crippen molar-refractivity contribution in [3.05, 3.63) is 69.2 Å². The van der Waals surface area contributed by atoms with E-state index in [1.807, 2.05) is 0 Å². The van der Waals surface area contributed by atoms with Crippen LogP contribution in [0.25, 0.3) is 0 Å². The largest absolute Gasteiger partial charge is 0.306 e. The van der Waals surface area contributed by atoms with E-state index in [0.29, 0.717) is 6.04 Å². The highest BCUT2D eigenvalue weighted by atomic mass is 79.9. The molecule has 19 heavy (non-hydrogen) atoms. The van der Waals surface area contributed by atoms with Gasteiger partial charge in [-0.1, -0.05) is 46.3 Å². The maximum absolute atomic E-state index is 3.57. The summed E-state index contributed by atoms with van der Waals surface area (Å²) in [5.41, 5.74) is 5.35. The third-order valence-electron chi connectivity index (χ3n) is 3.53. The standard InChI is InChI=1S/C17H20BrN/c1-12-7-8-16(9-13(12)2)14(3)19-11-15-5-4-6-17(18)10-15/h4-10,14,19H,11H2,1-3H3. The second kappa shape index (κ2) is 6.36. The molecule has 2 rings (SSSR count). The van der Waals surface area contributed by atoms with Gasteiger partial charge in [0.05, 0.1) is 0 Å². The Bertz CT molecular complexity index is 563. The normalized spacial score (nSPS) is 12.4. The lowest BCUT2D eigenvalue weighted by molar-refractivity contribution is 0.574. The SMILES string of the molecule is Cc1ccc(C(C)NCc2cccc(Br)c2)cc1C. The van der Waals surface area contributed by atoms with E-state index in [2.05, 4.69) is 84.5 Å². The summed E-state index contributed by atoms with van der Waals surface area (Å²) >= 11 is 3.50. The van der Waals surface area contributed by atoms with Crippen LogP contribution in [-0.4, -0.2) is 0 Å². The second-order valence-electron chi connectivity index (χ2n) is 5.08. The van der Waals surface area contributed by atoms with E-state index in [-0.39, 0.29) is 0 Å². The van der Waals surface area contributed by atoms with Gasteiger partial charge in [0.25, 0.3) is 0 Å². The van der Waals surface area contributed by atoms with E-state index in [0.717, 1.165) is 11.0 Å². The third-order valence-corrected chi connectivity index (χ3v) is 4.03. The Kier molecular flexibility index (Phi) is 4.78. The molecule has 2 aromatic carbocycles. The van der Waals surface area contributed by atoms with Crippen LogP contribution in [0.5, 0.6) is 0 Å². The van der Waals surface area contributed by atoms with Crippen molar-refractivity contribution < 1.29 is 0 Å². The Balaban J connectivity index is 2.01. The van der Waals surface area contributed by atoms with Crippen molar-refractivity contribution in [2.24, 2.45) is 0 Å². The quantitative estimate of drug-likeness (QED) is 0.844. The molecule has 0 saturated heterocycles. The summed E-state index contributed by atoms with van der Waals surface area (Å²) in [6.45, 7) is 7.41. The highest BCUT2D eigenvalue weighted by molar-refractivity contribution is 9.10. The lowest BCUT2D eigenvalue weighted by Gasteiger charge is -2.16.